The van der Waals surface area contributed by atoms with E-state index in [-0.39, 0.29) is 6.03 Å². The summed E-state index contributed by atoms with van der Waals surface area (Å²) in [6.07, 6.45) is 2.32. The van der Waals surface area contributed by atoms with Crippen LogP contribution in [-0.4, -0.2) is 51.6 Å². The molecule has 0 aromatic heterocycles. The molecule has 0 spiro atoms. The Kier molecular flexibility index (Phi) is 5.31. The van der Waals surface area contributed by atoms with Gasteiger partial charge in [0, 0.05) is 18.3 Å². The van der Waals surface area contributed by atoms with E-state index in [2.05, 4.69) is 5.32 Å². The van der Waals surface area contributed by atoms with E-state index >= 15 is 0 Å². The molecule has 1 saturated heterocycles. The monoisotopic (exact) mass is 274 g/mol. The minimum atomic E-state index is -1.18. The van der Waals surface area contributed by atoms with Crippen LogP contribution in [-0.2, 0) is 4.79 Å². The summed E-state index contributed by atoms with van der Waals surface area (Å²) in [5.41, 5.74) is -1.18. The fourth-order valence-electron chi connectivity index (χ4n) is 2.01. The Bertz CT molecular complexity index is 314. The predicted molar refractivity (Wildman–Crippen MR) is 73.0 cm³/mol. The maximum Gasteiger partial charge on any atom is 0.329 e. The number of hydrogen-bond acceptors (Lipinski definition) is 3. The van der Waals surface area contributed by atoms with Crippen molar-refractivity contribution in [3.8, 4) is 0 Å². The fourth-order valence-corrected chi connectivity index (χ4v) is 3.21. The van der Waals surface area contributed by atoms with Gasteiger partial charge in [-0.2, -0.15) is 11.8 Å². The Morgan fingerprint density at radius 2 is 2.17 bits per heavy atom. The van der Waals surface area contributed by atoms with E-state index in [1.54, 1.807) is 20.8 Å². The van der Waals surface area contributed by atoms with Crippen molar-refractivity contribution in [1.29, 1.82) is 0 Å². The van der Waals surface area contributed by atoms with E-state index in [0.29, 0.717) is 18.3 Å². The number of hydrogen-bond donors (Lipinski definition) is 2. The first kappa shape index (κ1) is 15.1. The standard InChI is InChI=1S/C12H22N2O3S/c1-4-14(12(2,3)10(15)16)11(17)13-8-9-6-5-7-18-9/h9H,4-8H2,1-3H3,(H,13,17)(H,15,16). The molecule has 0 aliphatic carbocycles. The highest BCUT2D eigenvalue weighted by molar-refractivity contribution is 8.00. The third kappa shape index (κ3) is 3.54. The molecule has 0 bridgehead atoms. The second kappa shape index (κ2) is 6.31. The van der Waals surface area contributed by atoms with Crippen LogP contribution < -0.4 is 5.32 Å². The van der Waals surface area contributed by atoms with Crippen molar-refractivity contribution in [3.63, 3.8) is 0 Å². The van der Waals surface area contributed by atoms with Crippen LogP contribution in [0.5, 0.6) is 0 Å². The number of carbonyl (C=O) groups is 2. The van der Waals surface area contributed by atoms with Crippen molar-refractivity contribution in [3.05, 3.63) is 0 Å². The predicted octanol–water partition coefficient (Wildman–Crippen LogP) is 1.78. The van der Waals surface area contributed by atoms with Gasteiger partial charge in [0.25, 0.3) is 0 Å². The van der Waals surface area contributed by atoms with Crippen LogP contribution >= 0.6 is 11.8 Å². The fraction of sp³-hybridized carbons (Fsp3) is 0.833. The van der Waals surface area contributed by atoms with Crippen molar-refractivity contribution >= 4 is 23.8 Å². The van der Waals surface area contributed by atoms with Gasteiger partial charge >= 0.3 is 12.0 Å². The van der Waals surface area contributed by atoms with Gasteiger partial charge in [-0.3, -0.25) is 0 Å². The number of nitrogens with one attached hydrogen (secondary N) is 1. The van der Waals surface area contributed by atoms with E-state index < -0.39 is 11.5 Å². The van der Waals surface area contributed by atoms with Crippen LogP contribution in [0.25, 0.3) is 0 Å². The van der Waals surface area contributed by atoms with Crippen LogP contribution in [0.4, 0.5) is 4.79 Å². The summed E-state index contributed by atoms with van der Waals surface area (Å²) < 4.78 is 0. The number of thioether (sulfide) groups is 1. The zero-order valence-corrected chi connectivity index (χ0v) is 12.0. The van der Waals surface area contributed by atoms with Crippen molar-refractivity contribution < 1.29 is 14.7 Å². The average Bonchev–Trinajstić information content (AvgIpc) is 2.79. The molecule has 2 N–H and O–H groups in total. The highest BCUT2D eigenvalue weighted by Gasteiger charge is 2.37. The van der Waals surface area contributed by atoms with Gasteiger partial charge in [0.2, 0.25) is 0 Å². The highest BCUT2D eigenvalue weighted by atomic mass is 32.2. The van der Waals surface area contributed by atoms with E-state index in [9.17, 15) is 9.59 Å². The first-order valence-electron chi connectivity index (χ1n) is 6.30. The van der Waals surface area contributed by atoms with Gasteiger partial charge in [0.15, 0.2) is 0 Å². The van der Waals surface area contributed by atoms with E-state index in [0.717, 1.165) is 12.2 Å². The molecule has 0 radical (unpaired) electrons. The molecule has 1 aliphatic heterocycles. The molecular weight excluding hydrogens is 252 g/mol. The number of likely N-dealkylation sites (N-methyl/N-ethyl adjacent to an activating group) is 1. The Balaban J connectivity index is 2.53. The molecule has 18 heavy (non-hydrogen) atoms. The van der Waals surface area contributed by atoms with Crippen LogP contribution in [0, 0.1) is 0 Å². The largest absolute Gasteiger partial charge is 0.480 e. The van der Waals surface area contributed by atoms with Gasteiger partial charge in [-0.15, -0.1) is 0 Å². The second-order valence-corrected chi connectivity index (χ2v) is 6.34. The number of carboxylic acid groups (broad SMARTS) is 1. The molecule has 1 fully saturated rings. The molecule has 0 aromatic carbocycles. The Hall–Kier alpha value is -0.910. The first-order valence-corrected chi connectivity index (χ1v) is 7.35. The van der Waals surface area contributed by atoms with Gasteiger partial charge in [0.1, 0.15) is 5.54 Å². The van der Waals surface area contributed by atoms with Gasteiger partial charge in [-0.1, -0.05) is 0 Å². The number of carbonyl (C=O) groups excluding carboxylic acids is 1. The summed E-state index contributed by atoms with van der Waals surface area (Å²) in [6, 6.07) is -0.294. The molecule has 1 aliphatic rings. The maximum absolute atomic E-state index is 12.0. The Labute approximate surface area is 112 Å². The number of urea groups is 1. The lowest BCUT2D eigenvalue weighted by Gasteiger charge is -2.34. The lowest BCUT2D eigenvalue weighted by atomic mass is 10.0. The third-order valence-electron chi connectivity index (χ3n) is 3.26. The Morgan fingerprint density at radius 1 is 1.50 bits per heavy atom. The molecule has 5 nitrogen and oxygen atoms in total. The molecule has 1 atom stereocenters. The summed E-state index contributed by atoms with van der Waals surface area (Å²) in [6.45, 7) is 5.87. The molecule has 1 unspecified atom stereocenters. The van der Waals surface area contributed by atoms with Crippen molar-refractivity contribution in [2.75, 3.05) is 18.8 Å². The highest BCUT2D eigenvalue weighted by Crippen LogP contribution is 2.25. The maximum atomic E-state index is 12.0. The Morgan fingerprint density at radius 3 is 2.61 bits per heavy atom. The second-order valence-electron chi connectivity index (χ2n) is 4.93. The van der Waals surface area contributed by atoms with Crippen LogP contribution in [0.15, 0.2) is 0 Å². The molecule has 0 aromatic rings. The minimum absolute atomic E-state index is 0.294. The van der Waals surface area contributed by atoms with Crippen molar-refractivity contribution in [2.24, 2.45) is 0 Å². The number of nitrogens with zero attached hydrogens (tertiary/aromatic N) is 1. The number of carboxylic acids is 1. The normalized spacial score (nSPS) is 19.6. The summed E-state index contributed by atoms with van der Waals surface area (Å²) in [7, 11) is 0. The number of aliphatic carboxylic acids is 1. The molecule has 1 heterocycles. The molecule has 0 saturated carbocycles. The minimum Gasteiger partial charge on any atom is -0.480 e. The van der Waals surface area contributed by atoms with Gasteiger partial charge in [-0.05, 0) is 39.4 Å². The number of rotatable bonds is 5. The summed E-state index contributed by atoms with van der Waals surface area (Å²) >= 11 is 1.87. The SMILES string of the molecule is CCN(C(=O)NCC1CCCS1)C(C)(C)C(=O)O. The lowest BCUT2D eigenvalue weighted by molar-refractivity contribution is -0.147. The lowest BCUT2D eigenvalue weighted by Crippen LogP contribution is -2.56. The van der Waals surface area contributed by atoms with Crippen LogP contribution in [0.2, 0.25) is 0 Å². The van der Waals surface area contributed by atoms with Gasteiger partial charge < -0.3 is 15.3 Å². The quantitative estimate of drug-likeness (QED) is 0.801. The van der Waals surface area contributed by atoms with Crippen molar-refractivity contribution in [2.45, 2.75) is 44.4 Å². The zero-order valence-electron chi connectivity index (χ0n) is 11.2. The van der Waals surface area contributed by atoms with Gasteiger partial charge in [0.05, 0.1) is 0 Å². The van der Waals surface area contributed by atoms with Crippen LogP contribution in [0.1, 0.15) is 33.6 Å². The van der Waals surface area contributed by atoms with Crippen molar-refractivity contribution in [1.82, 2.24) is 10.2 Å². The van der Waals surface area contributed by atoms with Gasteiger partial charge in [-0.25, -0.2) is 9.59 Å². The summed E-state index contributed by atoms with van der Waals surface area (Å²) in [5.74, 6) is 0.160. The molecular formula is C12H22N2O3S. The van der Waals surface area contributed by atoms with E-state index in [1.165, 1.54) is 11.3 Å². The summed E-state index contributed by atoms with van der Waals surface area (Å²) in [5, 5.41) is 12.5. The van der Waals surface area contributed by atoms with E-state index in [4.69, 9.17) is 5.11 Å². The smallest absolute Gasteiger partial charge is 0.329 e. The topological polar surface area (TPSA) is 69.6 Å². The molecule has 6 heteroatoms. The van der Waals surface area contributed by atoms with Crippen LogP contribution in [0.3, 0.4) is 0 Å². The third-order valence-corrected chi connectivity index (χ3v) is 4.66. The van der Waals surface area contributed by atoms with E-state index in [1.807, 2.05) is 11.8 Å². The molecule has 2 amide bonds. The first-order chi connectivity index (χ1) is 8.39. The molecule has 1 rings (SSSR count). The zero-order chi connectivity index (χ0) is 13.8. The average molecular weight is 274 g/mol. The summed E-state index contributed by atoms with van der Waals surface area (Å²) in [4.78, 5) is 24.5. The number of amides is 2. The molecule has 104 valence electrons.